The van der Waals surface area contributed by atoms with Crippen molar-refractivity contribution in [2.24, 2.45) is 0 Å². The highest BCUT2D eigenvalue weighted by Crippen LogP contribution is 2.31. The number of aromatic nitrogens is 1. The van der Waals surface area contributed by atoms with Crippen molar-refractivity contribution in [2.75, 3.05) is 7.11 Å². The van der Waals surface area contributed by atoms with Gasteiger partial charge in [0, 0.05) is 5.39 Å². The molecule has 6 heteroatoms. The molecule has 1 N–H and O–H groups in total. The predicted octanol–water partition coefficient (Wildman–Crippen LogP) is 3.80. The average Bonchev–Trinajstić information content (AvgIpc) is 2.62. The number of carbonyl (C=O) groups excluding carboxylic acids is 2. The van der Waals surface area contributed by atoms with E-state index in [2.05, 4.69) is 10.3 Å². The number of nitrogens with zero attached hydrogens (tertiary/aromatic N) is 1. The first-order valence-electron chi connectivity index (χ1n) is 8.44. The SMILES string of the molecule is COC(=O)C1(NC(=O)c2cc3cccc(C)c3nc2Cl)CCCCC1. The number of fused-ring (bicyclic) bond motifs is 1. The maximum Gasteiger partial charge on any atom is 0.331 e. The van der Waals surface area contributed by atoms with Crippen molar-refractivity contribution >= 4 is 34.4 Å². The molecule has 25 heavy (non-hydrogen) atoms. The van der Waals surface area contributed by atoms with Gasteiger partial charge in [-0.1, -0.05) is 49.1 Å². The molecule has 1 aromatic heterocycles. The quantitative estimate of drug-likeness (QED) is 0.667. The van der Waals surface area contributed by atoms with E-state index in [1.54, 1.807) is 6.07 Å². The van der Waals surface area contributed by atoms with Crippen LogP contribution in [0.4, 0.5) is 0 Å². The molecule has 0 atom stereocenters. The summed E-state index contributed by atoms with van der Waals surface area (Å²) >= 11 is 6.26. The Morgan fingerprint density at radius 1 is 1.24 bits per heavy atom. The van der Waals surface area contributed by atoms with Crippen molar-refractivity contribution in [1.29, 1.82) is 0 Å². The summed E-state index contributed by atoms with van der Waals surface area (Å²) in [5, 5.41) is 3.85. The lowest BCUT2D eigenvalue weighted by Gasteiger charge is -2.35. The number of aryl methyl sites for hydroxylation is 1. The molecule has 0 aliphatic heterocycles. The van der Waals surface area contributed by atoms with Gasteiger partial charge in [-0.05, 0) is 31.4 Å². The first-order valence-corrected chi connectivity index (χ1v) is 8.81. The van der Waals surface area contributed by atoms with Gasteiger partial charge in [0.1, 0.15) is 10.7 Å². The summed E-state index contributed by atoms with van der Waals surface area (Å²) in [7, 11) is 1.35. The summed E-state index contributed by atoms with van der Waals surface area (Å²) < 4.78 is 4.94. The maximum atomic E-state index is 12.8. The van der Waals surface area contributed by atoms with Crippen molar-refractivity contribution < 1.29 is 14.3 Å². The van der Waals surface area contributed by atoms with E-state index in [0.717, 1.165) is 35.7 Å². The number of rotatable bonds is 3. The molecule has 1 saturated carbocycles. The van der Waals surface area contributed by atoms with Crippen LogP contribution in [0.2, 0.25) is 5.15 Å². The lowest BCUT2D eigenvalue weighted by molar-refractivity contribution is -0.149. The number of amides is 1. The largest absolute Gasteiger partial charge is 0.467 e. The molecule has 1 aliphatic carbocycles. The number of para-hydroxylation sites is 1. The Morgan fingerprint density at radius 2 is 1.96 bits per heavy atom. The molecule has 5 nitrogen and oxygen atoms in total. The number of halogens is 1. The highest BCUT2D eigenvalue weighted by atomic mass is 35.5. The van der Waals surface area contributed by atoms with Crippen LogP contribution >= 0.6 is 11.6 Å². The zero-order chi connectivity index (χ0) is 18.0. The number of ether oxygens (including phenoxy) is 1. The molecule has 1 heterocycles. The molecule has 1 aliphatic rings. The van der Waals surface area contributed by atoms with Gasteiger partial charge < -0.3 is 10.1 Å². The second kappa shape index (κ2) is 7.00. The first-order chi connectivity index (χ1) is 12.0. The summed E-state index contributed by atoms with van der Waals surface area (Å²) in [5.74, 6) is -0.797. The Morgan fingerprint density at radius 3 is 2.64 bits per heavy atom. The van der Waals surface area contributed by atoms with Crippen LogP contribution in [0.25, 0.3) is 10.9 Å². The Bertz CT molecular complexity index is 829. The minimum absolute atomic E-state index is 0.134. The zero-order valence-electron chi connectivity index (χ0n) is 14.4. The third-order valence-corrected chi connectivity index (χ3v) is 5.17. The summed E-state index contributed by atoms with van der Waals surface area (Å²) in [6, 6.07) is 7.46. The first kappa shape index (κ1) is 17.7. The second-order valence-corrected chi connectivity index (χ2v) is 6.92. The van der Waals surface area contributed by atoms with Gasteiger partial charge in [0.25, 0.3) is 5.91 Å². The third-order valence-electron chi connectivity index (χ3n) is 4.88. The Balaban J connectivity index is 1.95. The van der Waals surface area contributed by atoms with Crippen LogP contribution in [-0.2, 0) is 9.53 Å². The van der Waals surface area contributed by atoms with Crippen LogP contribution in [0.3, 0.4) is 0 Å². The average molecular weight is 361 g/mol. The molecule has 2 aromatic rings. The molecule has 1 fully saturated rings. The number of methoxy groups -OCH3 is 1. The highest BCUT2D eigenvalue weighted by molar-refractivity contribution is 6.33. The number of hydrogen-bond donors (Lipinski definition) is 1. The fourth-order valence-electron chi connectivity index (χ4n) is 3.50. The molecule has 132 valence electrons. The van der Waals surface area contributed by atoms with Gasteiger partial charge in [0.2, 0.25) is 0 Å². The van der Waals surface area contributed by atoms with E-state index < -0.39 is 17.4 Å². The van der Waals surface area contributed by atoms with Crippen molar-refractivity contribution in [3.05, 3.63) is 40.5 Å². The van der Waals surface area contributed by atoms with Gasteiger partial charge in [-0.25, -0.2) is 9.78 Å². The van der Waals surface area contributed by atoms with Crippen LogP contribution in [0.5, 0.6) is 0 Å². The smallest absolute Gasteiger partial charge is 0.331 e. The van der Waals surface area contributed by atoms with Crippen LogP contribution in [0, 0.1) is 6.92 Å². The van der Waals surface area contributed by atoms with Crippen molar-refractivity contribution in [2.45, 2.75) is 44.6 Å². The maximum absolute atomic E-state index is 12.8. The summed E-state index contributed by atoms with van der Waals surface area (Å²) in [6.45, 7) is 1.94. The van der Waals surface area contributed by atoms with Crippen molar-refractivity contribution in [3.63, 3.8) is 0 Å². The molecule has 0 radical (unpaired) electrons. The van der Waals surface area contributed by atoms with E-state index in [9.17, 15) is 9.59 Å². The highest BCUT2D eigenvalue weighted by Gasteiger charge is 2.42. The molecular weight excluding hydrogens is 340 g/mol. The Hall–Kier alpha value is -2.14. The Kier molecular flexibility index (Phi) is 4.95. The molecule has 0 spiro atoms. The monoisotopic (exact) mass is 360 g/mol. The molecular formula is C19H21ClN2O3. The van der Waals surface area contributed by atoms with E-state index in [1.165, 1.54) is 7.11 Å². The van der Waals surface area contributed by atoms with Crippen LogP contribution in [0.15, 0.2) is 24.3 Å². The van der Waals surface area contributed by atoms with E-state index in [1.807, 2.05) is 25.1 Å². The van der Waals surface area contributed by atoms with Gasteiger partial charge in [-0.2, -0.15) is 0 Å². The van der Waals surface area contributed by atoms with E-state index in [4.69, 9.17) is 16.3 Å². The Labute approximate surface area is 151 Å². The number of esters is 1. The lowest BCUT2D eigenvalue weighted by atomic mass is 9.81. The zero-order valence-corrected chi connectivity index (χ0v) is 15.2. The van der Waals surface area contributed by atoms with Crippen LogP contribution in [0.1, 0.15) is 48.0 Å². The third kappa shape index (κ3) is 3.33. The van der Waals surface area contributed by atoms with Crippen molar-refractivity contribution in [1.82, 2.24) is 10.3 Å². The van der Waals surface area contributed by atoms with Crippen LogP contribution < -0.4 is 5.32 Å². The molecule has 3 rings (SSSR count). The topological polar surface area (TPSA) is 68.3 Å². The molecule has 0 bridgehead atoms. The summed E-state index contributed by atoms with van der Waals surface area (Å²) in [5.41, 5.74) is 1.05. The second-order valence-electron chi connectivity index (χ2n) is 6.56. The molecule has 0 unspecified atom stereocenters. The van der Waals surface area contributed by atoms with E-state index in [0.29, 0.717) is 12.8 Å². The normalized spacial score (nSPS) is 16.4. The number of benzene rings is 1. The minimum atomic E-state index is -0.977. The van der Waals surface area contributed by atoms with Crippen LogP contribution in [-0.4, -0.2) is 29.5 Å². The molecule has 1 amide bonds. The minimum Gasteiger partial charge on any atom is -0.467 e. The van der Waals surface area contributed by atoms with Gasteiger partial charge in [0.05, 0.1) is 18.2 Å². The van der Waals surface area contributed by atoms with Gasteiger partial charge >= 0.3 is 5.97 Å². The standard InChI is InChI=1S/C19H21ClN2O3/c1-12-7-6-8-13-11-14(16(20)21-15(12)13)17(23)22-19(18(24)25-2)9-4-3-5-10-19/h6-8,11H,3-5,9-10H2,1-2H3,(H,22,23). The predicted molar refractivity (Wildman–Crippen MR) is 96.8 cm³/mol. The fourth-order valence-corrected chi connectivity index (χ4v) is 3.72. The molecule has 0 saturated heterocycles. The fraction of sp³-hybridized carbons (Fsp3) is 0.421. The summed E-state index contributed by atoms with van der Waals surface area (Å²) in [4.78, 5) is 29.5. The summed E-state index contributed by atoms with van der Waals surface area (Å²) in [6.07, 6.45) is 3.94. The lowest BCUT2D eigenvalue weighted by Crippen LogP contribution is -2.56. The van der Waals surface area contributed by atoms with Crippen molar-refractivity contribution in [3.8, 4) is 0 Å². The van der Waals surface area contributed by atoms with E-state index >= 15 is 0 Å². The molecule has 1 aromatic carbocycles. The van der Waals surface area contributed by atoms with Gasteiger partial charge in [-0.15, -0.1) is 0 Å². The number of hydrogen-bond acceptors (Lipinski definition) is 4. The number of nitrogens with one attached hydrogen (secondary N) is 1. The van der Waals surface area contributed by atoms with Gasteiger partial charge in [-0.3, -0.25) is 4.79 Å². The van der Waals surface area contributed by atoms with E-state index in [-0.39, 0.29) is 10.7 Å². The number of pyridine rings is 1. The van der Waals surface area contributed by atoms with Gasteiger partial charge in [0.15, 0.2) is 0 Å². The number of carbonyl (C=O) groups is 2.